The second kappa shape index (κ2) is 5.58. The van der Waals surface area contributed by atoms with E-state index in [0.717, 1.165) is 21.5 Å². The van der Waals surface area contributed by atoms with E-state index in [2.05, 4.69) is 21.2 Å². The SMILES string of the molecule is O=C(NCc1sccc1Br)c1ccc(F)c(F)c1. The number of benzene rings is 1. The van der Waals surface area contributed by atoms with Crippen LogP contribution >= 0.6 is 27.3 Å². The number of rotatable bonds is 3. The summed E-state index contributed by atoms with van der Waals surface area (Å²) in [6, 6.07) is 4.94. The summed E-state index contributed by atoms with van der Waals surface area (Å²) in [7, 11) is 0. The zero-order valence-electron chi connectivity index (χ0n) is 9.04. The van der Waals surface area contributed by atoms with E-state index in [4.69, 9.17) is 0 Å². The molecule has 0 aliphatic carbocycles. The van der Waals surface area contributed by atoms with Crippen molar-refractivity contribution < 1.29 is 13.6 Å². The number of halogens is 3. The molecule has 2 nitrogen and oxygen atoms in total. The first-order valence-corrected chi connectivity index (χ1v) is 6.70. The lowest BCUT2D eigenvalue weighted by Gasteiger charge is -2.04. The quantitative estimate of drug-likeness (QED) is 0.912. The molecule has 1 aromatic carbocycles. The summed E-state index contributed by atoms with van der Waals surface area (Å²) in [5.74, 6) is -2.43. The van der Waals surface area contributed by atoms with Crippen molar-refractivity contribution >= 4 is 33.2 Å². The summed E-state index contributed by atoms with van der Waals surface area (Å²) < 4.78 is 26.6. The van der Waals surface area contributed by atoms with Crippen molar-refractivity contribution in [3.05, 3.63) is 56.2 Å². The summed E-state index contributed by atoms with van der Waals surface area (Å²) in [5, 5.41) is 4.53. The van der Waals surface area contributed by atoms with Crippen LogP contribution in [0.2, 0.25) is 0 Å². The Balaban J connectivity index is 2.04. The Morgan fingerprint density at radius 2 is 2.06 bits per heavy atom. The van der Waals surface area contributed by atoms with Gasteiger partial charge >= 0.3 is 0 Å². The first-order chi connectivity index (χ1) is 8.58. The maximum Gasteiger partial charge on any atom is 0.251 e. The third kappa shape index (κ3) is 2.94. The van der Waals surface area contributed by atoms with Gasteiger partial charge in [0.15, 0.2) is 11.6 Å². The molecule has 2 aromatic rings. The minimum absolute atomic E-state index is 0.0987. The Morgan fingerprint density at radius 3 is 2.67 bits per heavy atom. The van der Waals surface area contributed by atoms with Gasteiger partial charge in [-0.3, -0.25) is 4.79 Å². The highest BCUT2D eigenvalue weighted by Gasteiger charge is 2.10. The van der Waals surface area contributed by atoms with Crippen molar-refractivity contribution in [1.82, 2.24) is 5.32 Å². The van der Waals surface area contributed by atoms with Crippen molar-refractivity contribution in [3.63, 3.8) is 0 Å². The van der Waals surface area contributed by atoms with Crippen LogP contribution in [0.3, 0.4) is 0 Å². The summed E-state index contributed by atoms with van der Waals surface area (Å²) in [4.78, 5) is 12.7. The molecule has 0 saturated heterocycles. The second-order valence-electron chi connectivity index (χ2n) is 3.50. The lowest BCUT2D eigenvalue weighted by atomic mass is 10.2. The van der Waals surface area contributed by atoms with Crippen molar-refractivity contribution in [2.75, 3.05) is 0 Å². The minimum Gasteiger partial charge on any atom is -0.347 e. The summed E-state index contributed by atoms with van der Waals surface area (Å²) >= 11 is 4.84. The van der Waals surface area contributed by atoms with Crippen LogP contribution in [0.25, 0.3) is 0 Å². The number of thiophene rings is 1. The van der Waals surface area contributed by atoms with E-state index in [1.165, 1.54) is 17.4 Å². The highest BCUT2D eigenvalue weighted by Crippen LogP contribution is 2.22. The normalized spacial score (nSPS) is 10.4. The number of hydrogen-bond donors (Lipinski definition) is 1. The van der Waals surface area contributed by atoms with Gasteiger partial charge in [0, 0.05) is 14.9 Å². The van der Waals surface area contributed by atoms with Crippen LogP contribution in [-0.4, -0.2) is 5.91 Å². The van der Waals surface area contributed by atoms with Crippen LogP contribution < -0.4 is 5.32 Å². The number of carbonyl (C=O) groups excluding carboxylic acids is 1. The molecule has 6 heteroatoms. The van der Waals surface area contributed by atoms with E-state index in [-0.39, 0.29) is 5.56 Å². The fourth-order valence-corrected chi connectivity index (χ4v) is 2.78. The van der Waals surface area contributed by atoms with Crippen LogP contribution in [0.1, 0.15) is 15.2 Å². The molecule has 0 atom stereocenters. The predicted octanol–water partition coefficient (Wildman–Crippen LogP) is 3.72. The molecule has 94 valence electrons. The summed E-state index contributed by atoms with van der Waals surface area (Å²) in [6.45, 7) is 0.343. The lowest BCUT2D eigenvalue weighted by molar-refractivity contribution is 0.0950. The molecule has 0 radical (unpaired) electrons. The van der Waals surface area contributed by atoms with Gasteiger partial charge in [-0.25, -0.2) is 8.78 Å². The second-order valence-corrected chi connectivity index (χ2v) is 5.36. The van der Waals surface area contributed by atoms with Gasteiger partial charge in [-0.2, -0.15) is 0 Å². The molecular formula is C12H8BrF2NOS. The average molecular weight is 332 g/mol. The van der Waals surface area contributed by atoms with Gasteiger partial charge < -0.3 is 5.32 Å². The molecule has 0 saturated carbocycles. The summed E-state index contributed by atoms with van der Waals surface area (Å²) in [6.07, 6.45) is 0. The van der Waals surface area contributed by atoms with Crippen molar-refractivity contribution in [1.29, 1.82) is 0 Å². The van der Waals surface area contributed by atoms with Crippen molar-refractivity contribution in [2.45, 2.75) is 6.54 Å². The van der Waals surface area contributed by atoms with Crippen LogP contribution in [0.5, 0.6) is 0 Å². The highest BCUT2D eigenvalue weighted by atomic mass is 79.9. The van der Waals surface area contributed by atoms with Gasteiger partial charge in [-0.1, -0.05) is 0 Å². The molecule has 0 aliphatic rings. The maximum atomic E-state index is 13.0. The van der Waals surface area contributed by atoms with Crippen molar-refractivity contribution in [2.24, 2.45) is 0 Å². The molecule has 1 aromatic heterocycles. The Bertz CT molecular complexity index is 585. The molecule has 0 bridgehead atoms. The number of carbonyl (C=O) groups is 1. The van der Waals surface area contributed by atoms with Crippen LogP contribution in [0, 0.1) is 11.6 Å². The fourth-order valence-electron chi connectivity index (χ4n) is 1.35. The Hall–Kier alpha value is -1.27. The van der Waals surface area contributed by atoms with E-state index in [1.807, 2.05) is 11.4 Å². The monoisotopic (exact) mass is 331 g/mol. The van der Waals surface area contributed by atoms with Gasteiger partial charge in [0.1, 0.15) is 0 Å². The van der Waals surface area contributed by atoms with E-state index >= 15 is 0 Å². The first-order valence-electron chi connectivity index (χ1n) is 5.03. The number of hydrogen-bond acceptors (Lipinski definition) is 2. The molecule has 0 fully saturated rings. The number of amides is 1. The van der Waals surface area contributed by atoms with Gasteiger partial charge in [0.05, 0.1) is 6.54 Å². The standard InChI is InChI=1S/C12H8BrF2NOS/c13-8-3-4-18-11(8)6-16-12(17)7-1-2-9(14)10(15)5-7/h1-5H,6H2,(H,16,17). The molecule has 0 spiro atoms. The predicted molar refractivity (Wildman–Crippen MR) is 69.5 cm³/mol. The third-order valence-electron chi connectivity index (χ3n) is 2.28. The number of nitrogens with one attached hydrogen (secondary N) is 1. The smallest absolute Gasteiger partial charge is 0.251 e. The first kappa shape index (κ1) is 13.2. The van der Waals surface area contributed by atoms with Crippen molar-refractivity contribution in [3.8, 4) is 0 Å². The minimum atomic E-state index is -1.03. The largest absolute Gasteiger partial charge is 0.347 e. The van der Waals surface area contributed by atoms with E-state index in [9.17, 15) is 13.6 Å². The molecule has 1 amide bonds. The molecule has 2 rings (SSSR count). The topological polar surface area (TPSA) is 29.1 Å². The molecule has 18 heavy (non-hydrogen) atoms. The fraction of sp³-hybridized carbons (Fsp3) is 0.0833. The Labute approximate surface area is 115 Å². The van der Waals surface area contributed by atoms with Crippen LogP contribution in [-0.2, 0) is 6.54 Å². The lowest BCUT2D eigenvalue weighted by Crippen LogP contribution is -2.22. The Morgan fingerprint density at radius 1 is 1.28 bits per heavy atom. The molecule has 0 aliphatic heterocycles. The average Bonchev–Trinajstić information content (AvgIpc) is 2.75. The molecule has 1 N–H and O–H groups in total. The van der Waals surface area contributed by atoms with Gasteiger partial charge in [0.2, 0.25) is 0 Å². The highest BCUT2D eigenvalue weighted by molar-refractivity contribution is 9.10. The molecule has 0 unspecified atom stereocenters. The van der Waals surface area contributed by atoms with Gasteiger partial charge in [0.25, 0.3) is 5.91 Å². The van der Waals surface area contributed by atoms with Crippen LogP contribution in [0.15, 0.2) is 34.1 Å². The third-order valence-corrected chi connectivity index (χ3v) is 4.21. The van der Waals surface area contributed by atoms with E-state index in [0.29, 0.717) is 6.54 Å². The van der Waals surface area contributed by atoms with Gasteiger partial charge in [-0.15, -0.1) is 11.3 Å². The zero-order valence-corrected chi connectivity index (χ0v) is 11.4. The zero-order chi connectivity index (χ0) is 13.1. The molecular weight excluding hydrogens is 324 g/mol. The van der Waals surface area contributed by atoms with E-state index < -0.39 is 17.5 Å². The Kier molecular flexibility index (Phi) is 4.08. The maximum absolute atomic E-state index is 13.0. The molecule has 1 heterocycles. The van der Waals surface area contributed by atoms with Gasteiger partial charge in [-0.05, 0) is 45.6 Å². The summed E-state index contributed by atoms with van der Waals surface area (Å²) in [5.41, 5.74) is 0.0987. The van der Waals surface area contributed by atoms with Crippen LogP contribution in [0.4, 0.5) is 8.78 Å². The van der Waals surface area contributed by atoms with E-state index in [1.54, 1.807) is 0 Å².